The topological polar surface area (TPSA) is 57.6 Å². The number of amides is 1. The van der Waals surface area contributed by atoms with Crippen LogP contribution in [-0.2, 0) is 9.59 Å². The first-order valence-corrected chi connectivity index (χ1v) is 7.98. The Morgan fingerprint density at radius 3 is 2.45 bits per heavy atom. The van der Waals surface area contributed by atoms with Gasteiger partial charge in [-0.05, 0) is 36.8 Å². The molecule has 1 saturated carbocycles. The lowest BCUT2D eigenvalue weighted by molar-refractivity contribution is -0.143. The summed E-state index contributed by atoms with van der Waals surface area (Å²) in [6, 6.07) is 8.36. The molecule has 0 heterocycles. The maximum Gasteiger partial charge on any atom is 0.308 e. The summed E-state index contributed by atoms with van der Waals surface area (Å²) in [5.74, 6) is -1.13. The maximum atomic E-state index is 12.6. The minimum Gasteiger partial charge on any atom is -0.481 e. The highest BCUT2D eigenvalue weighted by Crippen LogP contribution is 2.30. The van der Waals surface area contributed by atoms with Crippen LogP contribution in [0.25, 0.3) is 0 Å². The van der Waals surface area contributed by atoms with Gasteiger partial charge in [-0.3, -0.25) is 9.59 Å². The zero-order valence-corrected chi connectivity index (χ0v) is 13.6. The standard InChI is InChI=1S/C18H25NO3/c1-12-6-4-5-7-16(12)13(2)10-17(20)19(15-8-9-15)11-14(3)18(21)22/h4-7,13-15H,8-11H2,1-3H3,(H,21,22). The molecule has 0 radical (unpaired) electrons. The average Bonchev–Trinajstić information content (AvgIpc) is 3.28. The van der Waals surface area contributed by atoms with E-state index in [4.69, 9.17) is 5.11 Å². The second-order valence-electron chi connectivity index (χ2n) is 6.48. The van der Waals surface area contributed by atoms with Crippen LogP contribution in [0.3, 0.4) is 0 Å². The molecule has 1 N–H and O–H groups in total. The van der Waals surface area contributed by atoms with E-state index in [0.717, 1.165) is 12.8 Å². The van der Waals surface area contributed by atoms with Crippen molar-refractivity contribution in [2.24, 2.45) is 5.92 Å². The number of rotatable bonds is 7. The Kier molecular flexibility index (Phi) is 5.22. The molecule has 4 nitrogen and oxygen atoms in total. The van der Waals surface area contributed by atoms with Crippen molar-refractivity contribution in [1.29, 1.82) is 0 Å². The van der Waals surface area contributed by atoms with Gasteiger partial charge in [-0.25, -0.2) is 0 Å². The molecule has 22 heavy (non-hydrogen) atoms. The van der Waals surface area contributed by atoms with E-state index in [0.29, 0.717) is 13.0 Å². The van der Waals surface area contributed by atoms with Crippen LogP contribution in [0, 0.1) is 12.8 Å². The minimum absolute atomic E-state index is 0.0753. The molecule has 2 rings (SSSR count). The van der Waals surface area contributed by atoms with Gasteiger partial charge in [0.2, 0.25) is 5.91 Å². The quantitative estimate of drug-likeness (QED) is 0.841. The third-order valence-corrected chi connectivity index (χ3v) is 4.40. The minimum atomic E-state index is -0.842. The van der Waals surface area contributed by atoms with Crippen molar-refractivity contribution in [2.45, 2.75) is 52.0 Å². The molecule has 0 aliphatic heterocycles. The van der Waals surface area contributed by atoms with Crippen LogP contribution < -0.4 is 0 Å². The van der Waals surface area contributed by atoms with Crippen LogP contribution in [0.2, 0.25) is 0 Å². The fourth-order valence-electron chi connectivity index (χ4n) is 2.84. The number of aryl methyl sites for hydroxylation is 1. The van der Waals surface area contributed by atoms with Gasteiger partial charge in [0.15, 0.2) is 0 Å². The van der Waals surface area contributed by atoms with E-state index in [-0.39, 0.29) is 17.9 Å². The largest absolute Gasteiger partial charge is 0.481 e. The van der Waals surface area contributed by atoms with Gasteiger partial charge in [0.25, 0.3) is 0 Å². The van der Waals surface area contributed by atoms with Gasteiger partial charge in [-0.1, -0.05) is 38.1 Å². The summed E-state index contributed by atoms with van der Waals surface area (Å²) < 4.78 is 0. The highest BCUT2D eigenvalue weighted by atomic mass is 16.4. The summed E-state index contributed by atoms with van der Waals surface area (Å²) in [5.41, 5.74) is 2.39. The van der Waals surface area contributed by atoms with Gasteiger partial charge in [0.1, 0.15) is 0 Å². The molecule has 1 aliphatic rings. The third-order valence-electron chi connectivity index (χ3n) is 4.40. The summed E-state index contributed by atoms with van der Waals surface area (Å²) in [6.45, 7) is 6.10. The Bertz CT molecular complexity index is 551. The molecule has 1 aromatic rings. The number of carbonyl (C=O) groups excluding carboxylic acids is 1. The van der Waals surface area contributed by atoms with E-state index in [9.17, 15) is 9.59 Å². The molecule has 1 amide bonds. The lowest BCUT2D eigenvalue weighted by Gasteiger charge is -2.26. The van der Waals surface area contributed by atoms with Crippen molar-refractivity contribution in [3.63, 3.8) is 0 Å². The Balaban J connectivity index is 2.02. The SMILES string of the molecule is Cc1ccccc1C(C)CC(=O)N(CC(C)C(=O)O)C1CC1. The Morgan fingerprint density at radius 2 is 1.91 bits per heavy atom. The number of hydrogen-bond acceptors (Lipinski definition) is 2. The molecule has 0 spiro atoms. The molecule has 2 atom stereocenters. The fourth-order valence-corrected chi connectivity index (χ4v) is 2.84. The van der Waals surface area contributed by atoms with Gasteiger partial charge in [0.05, 0.1) is 5.92 Å². The molecule has 1 aromatic carbocycles. The van der Waals surface area contributed by atoms with Crippen LogP contribution in [0.1, 0.15) is 50.2 Å². The van der Waals surface area contributed by atoms with Crippen molar-refractivity contribution >= 4 is 11.9 Å². The number of carboxylic acid groups (broad SMARTS) is 1. The lowest BCUT2D eigenvalue weighted by Crippen LogP contribution is -2.39. The summed E-state index contributed by atoms with van der Waals surface area (Å²) >= 11 is 0. The molecular formula is C18H25NO3. The van der Waals surface area contributed by atoms with Crippen LogP contribution in [-0.4, -0.2) is 34.5 Å². The zero-order chi connectivity index (χ0) is 16.3. The first kappa shape index (κ1) is 16.5. The fraction of sp³-hybridized carbons (Fsp3) is 0.556. The van der Waals surface area contributed by atoms with E-state index in [1.54, 1.807) is 11.8 Å². The molecule has 1 aliphatic carbocycles. The van der Waals surface area contributed by atoms with Crippen LogP contribution in [0.5, 0.6) is 0 Å². The molecular weight excluding hydrogens is 278 g/mol. The second-order valence-corrected chi connectivity index (χ2v) is 6.48. The van der Waals surface area contributed by atoms with Gasteiger partial charge in [0, 0.05) is 19.0 Å². The molecule has 120 valence electrons. The highest BCUT2D eigenvalue weighted by Gasteiger charge is 2.34. The normalized spacial score (nSPS) is 16.9. The third kappa shape index (κ3) is 4.09. The zero-order valence-electron chi connectivity index (χ0n) is 13.6. The van der Waals surface area contributed by atoms with E-state index >= 15 is 0 Å². The Labute approximate surface area is 132 Å². The summed E-state index contributed by atoms with van der Waals surface area (Å²) in [7, 11) is 0. The number of carbonyl (C=O) groups is 2. The number of carboxylic acids is 1. The van der Waals surface area contributed by atoms with Gasteiger partial charge < -0.3 is 10.0 Å². The van der Waals surface area contributed by atoms with Crippen LogP contribution in [0.4, 0.5) is 0 Å². The van der Waals surface area contributed by atoms with Crippen molar-refractivity contribution < 1.29 is 14.7 Å². The van der Waals surface area contributed by atoms with Crippen molar-refractivity contribution in [3.05, 3.63) is 35.4 Å². The van der Waals surface area contributed by atoms with Crippen LogP contribution in [0.15, 0.2) is 24.3 Å². The van der Waals surface area contributed by atoms with E-state index in [2.05, 4.69) is 26.0 Å². The predicted octanol–water partition coefficient (Wildman–Crippen LogP) is 3.20. The lowest BCUT2D eigenvalue weighted by atomic mass is 9.93. The molecule has 4 heteroatoms. The van der Waals surface area contributed by atoms with Gasteiger partial charge >= 0.3 is 5.97 Å². The monoisotopic (exact) mass is 303 g/mol. The maximum absolute atomic E-state index is 12.6. The number of benzene rings is 1. The first-order chi connectivity index (χ1) is 10.4. The molecule has 0 aromatic heterocycles. The molecule has 2 unspecified atom stereocenters. The molecule has 0 saturated heterocycles. The van der Waals surface area contributed by atoms with Crippen LogP contribution >= 0.6 is 0 Å². The predicted molar refractivity (Wildman–Crippen MR) is 85.7 cm³/mol. The Morgan fingerprint density at radius 1 is 1.27 bits per heavy atom. The first-order valence-electron chi connectivity index (χ1n) is 7.98. The van der Waals surface area contributed by atoms with Gasteiger partial charge in [-0.2, -0.15) is 0 Å². The van der Waals surface area contributed by atoms with Gasteiger partial charge in [-0.15, -0.1) is 0 Å². The Hall–Kier alpha value is -1.84. The van der Waals surface area contributed by atoms with Crippen molar-refractivity contribution in [1.82, 2.24) is 4.90 Å². The molecule has 1 fully saturated rings. The van der Waals surface area contributed by atoms with Crippen molar-refractivity contribution in [2.75, 3.05) is 6.54 Å². The molecule has 0 bridgehead atoms. The second kappa shape index (κ2) is 6.95. The number of aliphatic carboxylic acids is 1. The average molecular weight is 303 g/mol. The number of nitrogens with zero attached hydrogens (tertiary/aromatic N) is 1. The summed E-state index contributed by atoms with van der Waals surface area (Å²) in [6.07, 6.45) is 2.43. The summed E-state index contributed by atoms with van der Waals surface area (Å²) in [4.78, 5) is 25.4. The summed E-state index contributed by atoms with van der Waals surface area (Å²) in [5, 5.41) is 9.07. The van der Waals surface area contributed by atoms with E-state index in [1.165, 1.54) is 11.1 Å². The van der Waals surface area contributed by atoms with E-state index < -0.39 is 11.9 Å². The van der Waals surface area contributed by atoms with E-state index in [1.807, 2.05) is 12.1 Å². The smallest absolute Gasteiger partial charge is 0.308 e. The number of hydrogen-bond donors (Lipinski definition) is 1. The highest BCUT2D eigenvalue weighted by molar-refractivity contribution is 5.79. The van der Waals surface area contributed by atoms with Crippen molar-refractivity contribution in [3.8, 4) is 0 Å².